The molecule has 0 aromatic carbocycles. The molecule has 2 atom stereocenters. The van der Waals surface area contributed by atoms with Crippen molar-refractivity contribution >= 4 is 5.91 Å². The number of amides is 1. The number of carbonyl (C=O) groups is 1. The van der Waals surface area contributed by atoms with Crippen molar-refractivity contribution in [2.45, 2.75) is 63.3 Å². The molecule has 1 aromatic rings. The third-order valence-corrected chi connectivity index (χ3v) is 7.34. The second-order valence-electron chi connectivity index (χ2n) is 9.44. The molecule has 5 nitrogen and oxygen atoms in total. The summed E-state index contributed by atoms with van der Waals surface area (Å²) < 4.78 is 45.1. The van der Waals surface area contributed by atoms with Crippen LogP contribution in [0.15, 0.2) is 49.2 Å². The number of hydrogen-bond donors (Lipinski definition) is 1. The second kappa shape index (κ2) is 10.0. The predicted molar refractivity (Wildman–Crippen MR) is 124 cm³/mol. The van der Waals surface area contributed by atoms with E-state index in [2.05, 4.69) is 23.5 Å². The van der Waals surface area contributed by atoms with E-state index in [-0.39, 0.29) is 18.5 Å². The zero-order chi connectivity index (χ0) is 24.3. The lowest BCUT2D eigenvalue weighted by Crippen LogP contribution is -2.47. The van der Waals surface area contributed by atoms with Gasteiger partial charge in [-0.25, -0.2) is 0 Å². The van der Waals surface area contributed by atoms with Gasteiger partial charge in [-0.15, -0.1) is 0 Å². The molecule has 1 aromatic heterocycles. The zero-order valence-corrected chi connectivity index (χ0v) is 19.4. The molecule has 1 aliphatic carbocycles. The van der Waals surface area contributed by atoms with Crippen molar-refractivity contribution in [3.63, 3.8) is 0 Å². The molecule has 1 amide bonds. The highest BCUT2D eigenvalue weighted by Gasteiger charge is 2.49. The number of allylic oxidation sites excluding steroid dienone is 3. The van der Waals surface area contributed by atoms with Gasteiger partial charge in [0.15, 0.2) is 0 Å². The first-order valence-corrected chi connectivity index (χ1v) is 11.9. The molecule has 184 valence electrons. The van der Waals surface area contributed by atoms with Crippen molar-refractivity contribution < 1.29 is 22.7 Å². The first-order chi connectivity index (χ1) is 16.3. The molecule has 4 rings (SSSR count). The standard InChI is InChI=1S/C26H32F3N3O2/c1-3-5-19(4-2)25(10-6-22(15-25)31-21-8-12-34-13-9-21)24(33)32-11-7-23-18(17-32)14-20(16-30-23)26(27,28)29/h3-5,14,16,21-22,31H,1-2,6-13,15,17H2/b19-5+. The van der Waals surface area contributed by atoms with Crippen molar-refractivity contribution in [2.75, 3.05) is 19.8 Å². The molecule has 0 spiro atoms. The summed E-state index contributed by atoms with van der Waals surface area (Å²) in [6.45, 7) is 9.80. The summed E-state index contributed by atoms with van der Waals surface area (Å²) in [5.74, 6) is -0.0557. The Kier molecular flexibility index (Phi) is 7.28. The van der Waals surface area contributed by atoms with Gasteiger partial charge in [0.1, 0.15) is 0 Å². The van der Waals surface area contributed by atoms with Crippen molar-refractivity contribution in [1.82, 2.24) is 15.2 Å². The van der Waals surface area contributed by atoms with Gasteiger partial charge in [-0.05, 0) is 49.3 Å². The van der Waals surface area contributed by atoms with Crippen molar-refractivity contribution in [3.05, 3.63) is 66.0 Å². The summed E-state index contributed by atoms with van der Waals surface area (Å²) >= 11 is 0. The highest BCUT2D eigenvalue weighted by atomic mass is 19.4. The van der Waals surface area contributed by atoms with Crippen LogP contribution in [0.5, 0.6) is 0 Å². The maximum atomic E-state index is 14.0. The van der Waals surface area contributed by atoms with Gasteiger partial charge in [0.25, 0.3) is 0 Å². The van der Waals surface area contributed by atoms with E-state index in [9.17, 15) is 18.0 Å². The Morgan fingerprint density at radius 3 is 2.68 bits per heavy atom. The average molecular weight is 476 g/mol. The van der Waals surface area contributed by atoms with Crippen LogP contribution in [0, 0.1) is 5.41 Å². The van der Waals surface area contributed by atoms with E-state index in [0.717, 1.165) is 50.3 Å². The molecule has 2 aliphatic heterocycles. The molecule has 1 saturated heterocycles. The second-order valence-corrected chi connectivity index (χ2v) is 9.44. The SMILES string of the molecule is C=C/C=C(\C=C)C1(C(=O)N2CCc3ncc(C(F)(F)F)cc3C2)CCC(NC2CCOCC2)C1. The lowest BCUT2D eigenvalue weighted by Gasteiger charge is -2.38. The van der Waals surface area contributed by atoms with E-state index in [1.54, 1.807) is 17.1 Å². The van der Waals surface area contributed by atoms with Crippen LogP contribution >= 0.6 is 0 Å². The number of halogens is 3. The Morgan fingerprint density at radius 1 is 1.24 bits per heavy atom. The van der Waals surface area contributed by atoms with Crippen LogP contribution in [-0.2, 0) is 28.7 Å². The quantitative estimate of drug-likeness (QED) is 0.612. The summed E-state index contributed by atoms with van der Waals surface area (Å²) in [4.78, 5) is 19.8. The van der Waals surface area contributed by atoms with Gasteiger partial charge in [-0.1, -0.05) is 31.4 Å². The Morgan fingerprint density at radius 2 is 2.00 bits per heavy atom. The van der Waals surface area contributed by atoms with Gasteiger partial charge >= 0.3 is 6.18 Å². The van der Waals surface area contributed by atoms with Crippen LogP contribution < -0.4 is 5.32 Å². The minimum Gasteiger partial charge on any atom is -0.381 e. The summed E-state index contributed by atoms with van der Waals surface area (Å²) in [5, 5.41) is 3.72. The molecule has 1 saturated carbocycles. The van der Waals surface area contributed by atoms with Gasteiger partial charge in [-0.2, -0.15) is 13.2 Å². The number of ether oxygens (including phenoxy) is 1. The van der Waals surface area contributed by atoms with E-state index in [1.165, 1.54) is 0 Å². The maximum Gasteiger partial charge on any atom is 0.417 e. The first kappa shape index (κ1) is 24.7. The van der Waals surface area contributed by atoms with Crippen LogP contribution in [0.4, 0.5) is 13.2 Å². The minimum atomic E-state index is -4.47. The van der Waals surface area contributed by atoms with Crippen LogP contribution in [0.1, 0.15) is 48.9 Å². The molecule has 8 heteroatoms. The van der Waals surface area contributed by atoms with E-state index in [0.29, 0.717) is 43.1 Å². The smallest absolute Gasteiger partial charge is 0.381 e. The Hall–Kier alpha value is -2.45. The molecule has 3 heterocycles. The van der Waals surface area contributed by atoms with Crippen LogP contribution in [0.3, 0.4) is 0 Å². The summed E-state index contributed by atoms with van der Waals surface area (Å²) in [6, 6.07) is 1.68. The molecule has 0 bridgehead atoms. The predicted octanol–water partition coefficient (Wildman–Crippen LogP) is 4.59. The molecular formula is C26H32F3N3O2. The van der Waals surface area contributed by atoms with E-state index in [1.807, 2.05) is 6.08 Å². The van der Waals surface area contributed by atoms with E-state index >= 15 is 0 Å². The lowest BCUT2D eigenvalue weighted by atomic mass is 9.76. The molecule has 34 heavy (non-hydrogen) atoms. The number of fused-ring (bicyclic) bond motifs is 1. The zero-order valence-electron chi connectivity index (χ0n) is 19.4. The monoisotopic (exact) mass is 475 g/mol. The van der Waals surface area contributed by atoms with E-state index in [4.69, 9.17) is 4.74 Å². The van der Waals surface area contributed by atoms with Crippen molar-refractivity contribution in [3.8, 4) is 0 Å². The topological polar surface area (TPSA) is 54.5 Å². The van der Waals surface area contributed by atoms with Crippen molar-refractivity contribution in [2.24, 2.45) is 5.41 Å². The Labute approximate surface area is 198 Å². The number of aromatic nitrogens is 1. The number of pyridine rings is 1. The average Bonchev–Trinajstić information content (AvgIpc) is 3.26. The van der Waals surface area contributed by atoms with E-state index < -0.39 is 17.2 Å². The third-order valence-electron chi connectivity index (χ3n) is 7.34. The highest BCUT2D eigenvalue weighted by Crippen LogP contribution is 2.47. The van der Waals surface area contributed by atoms with Gasteiger partial charge in [0, 0.05) is 56.7 Å². The van der Waals surface area contributed by atoms with Crippen LogP contribution in [0.2, 0.25) is 0 Å². The lowest BCUT2D eigenvalue weighted by molar-refractivity contribution is -0.140. The number of hydrogen-bond acceptors (Lipinski definition) is 4. The third kappa shape index (κ3) is 4.98. The van der Waals surface area contributed by atoms with Gasteiger partial charge in [-0.3, -0.25) is 9.78 Å². The first-order valence-electron chi connectivity index (χ1n) is 11.9. The minimum absolute atomic E-state index is 0.0557. The Balaban J connectivity index is 1.58. The molecular weight excluding hydrogens is 443 g/mol. The van der Waals surface area contributed by atoms with Crippen molar-refractivity contribution in [1.29, 1.82) is 0 Å². The summed E-state index contributed by atoms with van der Waals surface area (Å²) in [7, 11) is 0. The molecule has 1 N–H and O–H groups in total. The largest absolute Gasteiger partial charge is 0.417 e. The van der Waals surface area contributed by atoms with Gasteiger partial charge in [0.05, 0.1) is 11.0 Å². The van der Waals surface area contributed by atoms with Crippen LogP contribution in [-0.4, -0.2) is 47.6 Å². The van der Waals surface area contributed by atoms with Crippen LogP contribution in [0.25, 0.3) is 0 Å². The molecule has 2 fully saturated rings. The van der Waals surface area contributed by atoms with Gasteiger partial charge < -0.3 is 15.0 Å². The highest BCUT2D eigenvalue weighted by molar-refractivity contribution is 5.87. The fourth-order valence-corrected chi connectivity index (χ4v) is 5.57. The van der Waals surface area contributed by atoms with Gasteiger partial charge in [0.2, 0.25) is 5.91 Å². The number of carbonyl (C=O) groups excluding carboxylic acids is 1. The number of alkyl halides is 3. The summed E-state index contributed by atoms with van der Waals surface area (Å²) in [6.07, 6.45) is 6.09. The Bertz CT molecular complexity index is 969. The fourth-order valence-electron chi connectivity index (χ4n) is 5.57. The number of nitrogens with zero attached hydrogens (tertiary/aromatic N) is 2. The molecule has 0 radical (unpaired) electrons. The summed E-state index contributed by atoms with van der Waals surface area (Å²) in [5.41, 5.74) is 0.354. The number of nitrogens with one attached hydrogen (secondary N) is 1. The normalized spacial score (nSPS) is 26.3. The molecule has 3 aliphatic rings. The fraction of sp³-hybridized carbons (Fsp3) is 0.538. The maximum absolute atomic E-state index is 14.0. The molecule has 2 unspecified atom stereocenters. The number of rotatable bonds is 6.